The maximum absolute atomic E-state index is 12.4. The molecule has 2 aliphatic rings. The molecule has 1 saturated carbocycles. The molecule has 2 fully saturated rings. The number of nitrogens with one attached hydrogen (secondary N) is 1. The molecule has 0 bridgehead atoms. The highest BCUT2D eigenvalue weighted by Gasteiger charge is 2.45. The van der Waals surface area contributed by atoms with Crippen molar-refractivity contribution >= 4 is 0 Å². The van der Waals surface area contributed by atoms with Crippen molar-refractivity contribution in [3.05, 3.63) is 0 Å². The number of alkyl halides is 2. The Bertz CT molecular complexity index is 231. The number of nitrogens with zero attached hydrogens (tertiary/aromatic N) is 1. The Morgan fingerprint density at radius 2 is 2.13 bits per heavy atom. The second-order valence-corrected chi connectivity index (χ2v) is 5.24. The van der Waals surface area contributed by atoms with Crippen molar-refractivity contribution in [3.8, 4) is 0 Å². The third-order valence-electron chi connectivity index (χ3n) is 3.81. The molecular weight excluding hydrogens is 198 g/mol. The smallest absolute Gasteiger partial charge is 0.251 e. The molecule has 0 amide bonds. The summed E-state index contributed by atoms with van der Waals surface area (Å²) in [5.41, 5.74) is 0.0708. The molecule has 0 radical (unpaired) electrons. The van der Waals surface area contributed by atoms with E-state index < -0.39 is 6.43 Å². The molecule has 1 aliphatic carbocycles. The Morgan fingerprint density at radius 1 is 1.47 bits per heavy atom. The molecule has 1 heterocycles. The van der Waals surface area contributed by atoms with E-state index in [4.69, 9.17) is 0 Å². The number of rotatable bonds is 3. The van der Waals surface area contributed by atoms with Gasteiger partial charge in [0, 0.05) is 24.7 Å². The van der Waals surface area contributed by atoms with Gasteiger partial charge in [-0.25, -0.2) is 8.78 Å². The maximum atomic E-state index is 12.4. The Labute approximate surface area is 90.0 Å². The van der Waals surface area contributed by atoms with Gasteiger partial charge in [-0.2, -0.15) is 0 Å². The predicted molar refractivity (Wildman–Crippen MR) is 56.2 cm³/mol. The summed E-state index contributed by atoms with van der Waals surface area (Å²) in [5.74, 6) is 0.699. The molecular formula is C11H20F2N2. The molecule has 2 unspecified atom stereocenters. The van der Waals surface area contributed by atoms with E-state index in [1.165, 1.54) is 12.8 Å². The second-order valence-electron chi connectivity index (χ2n) is 5.24. The van der Waals surface area contributed by atoms with Crippen molar-refractivity contribution < 1.29 is 8.78 Å². The Kier molecular flexibility index (Phi) is 2.99. The van der Waals surface area contributed by atoms with Crippen LogP contribution in [0.1, 0.15) is 26.7 Å². The monoisotopic (exact) mass is 218 g/mol. The van der Waals surface area contributed by atoms with E-state index in [2.05, 4.69) is 12.2 Å². The molecule has 2 nitrogen and oxygen atoms in total. The number of halogens is 2. The highest BCUT2D eigenvalue weighted by molar-refractivity contribution is 5.03. The molecule has 1 saturated heterocycles. The first-order chi connectivity index (χ1) is 7.01. The third-order valence-corrected chi connectivity index (χ3v) is 3.81. The zero-order valence-corrected chi connectivity index (χ0v) is 9.47. The van der Waals surface area contributed by atoms with Gasteiger partial charge in [-0.3, -0.25) is 4.90 Å². The first kappa shape index (κ1) is 11.3. The van der Waals surface area contributed by atoms with Gasteiger partial charge >= 0.3 is 0 Å². The van der Waals surface area contributed by atoms with Crippen molar-refractivity contribution in [2.45, 2.75) is 44.7 Å². The van der Waals surface area contributed by atoms with Crippen LogP contribution in [0.4, 0.5) is 8.78 Å². The summed E-state index contributed by atoms with van der Waals surface area (Å²) in [6, 6.07) is 0.228. The minimum atomic E-state index is -2.21. The van der Waals surface area contributed by atoms with Crippen LogP contribution in [0.5, 0.6) is 0 Å². The summed E-state index contributed by atoms with van der Waals surface area (Å²) in [6.07, 6.45) is 0.287. The summed E-state index contributed by atoms with van der Waals surface area (Å²) in [6.45, 7) is 5.71. The lowest BCUT2D eigenvalue weighted by molar-refractivity contribution is 0.0238. The summed E-state index contributed by atoms with van der Waals surface area (Å²) in [4.78, 5) is 1.93. The van der Waals surface area contributed by atoms with Crippen LogP contribution in [0, 0.1) is 5.92 Å². The van der Waals surface area contributed by atoms with E-state index >= 15 is 0 Å². The van der Waals surface area contributed by atoms with Crippen LogP contribution in [0.25, 0.3) is 0 Å². The van der Waals surface area contributed by atoms with Crippen molar-refractivity contribution in [3.63, 3.8) is 0 Å². The molecule has 1 aliphatic heterocycles. The van der Waals surface area contributed by atoms with E-state index in [0.717, 1.165) is 13.1 Å². The lowest BCUT2D eigenvalue weighted by Crippen LogP contribution is -2.63. The average molecular weight is 218 g/mol. The van der Waals surface area contributed by atoms with E-state index in [-0.39, 0.29) is 18.1 Å². The SMILES string of the molecule is CC1CNC(C)(C2CC2)CN1CC(F)F. The summed E-state index contributed by atoms with van der Waals surface area (Å²) < 4.78 is 24.8. The second kappa shape index (κ2) is 3.98. The van der Waals surface area contributed by atoms with Gasteiger partial charge in [0.05, 0.1) is 6.54 Å². The fraction of sp³-hybridized carbons (Fsp3) is 1.00. The zero-order valence-electron chi connectivity index (χ0n) is 9.47. The summed E-state index contributed by atoms with van der Waals surface area (Å²) in [5, 5.41) is 3.52. The van der Waals surface area contributed by atoms with Crippen molar-refractivity contribution in [1.29, 1.82) is 0 Å². The first-order valence-corrected chi connectivity index (χ1v) is 5.78. The largest absolute Gasteiger partial charge is 0.308 e. The molecule has 2 rings (SSSR count). The van der Waals surface area contributed by atoms with Gasteiger partial charge < -0.3 is 5.32 Å². The van der Waals surface area contributed by atoms with E-state index in [0.29, 0.717) is 5.92 Å². The van der Waals surface area contributed by atoms with E-state index in [1.807, 2.05) is 11.8 Å². The molecule has 0 spiro atoms. The fourth-order valence-electron chi connectivity index (χ4n) is 2.56. The van der Waals surface area contributed by atoms with Gasteiger partial charge in [-0.05, 0) is 32.6 Å². The number of piperazine rings is 1. The molecule has 2 atom stereocenters. The van der Waals surface area contributed by atoms with Gasteiger partial charge in [0.25, 0.3) is 6.43 Å². The van der Waals surface area contributed by atoms with E-state index in [1.54, 1.807) is 0 Å². The molecule has 0 aromatic carbocycles. The highest BCUT2D eigenvalue weighted by Crippen LogP contribution is 2.41. The molecule has 88 valence electrons. The highest BCUT2D eigenvalue weighted by atomic mass is 19.3. The Balaban J connectivity index is 1.96. The lowest BCUT2D eigenvalue weighted by atomic mass is 9.91. The molecule has 4 heteroatoms. The Hall–Kier alpha value is -0.220. The van der Waals surface area contributed by atoms with Gasteiger partial charge in [0.2, 0.25) is 0 Å². The van der Waals surface area contributed by atoms with Crippen LogP contribution in [0.2, 0.25) is 0 Å². The molecule has 0 aromatic heterocycles. The minimum absolute atomic E-state index is 0.0708. The minimum Gasteiger partial charge on any atom is -0.308 e. The van der Waals surface area contributed by atoms with Gasteiger partial charge in [-0.1, -0.05) is 0 Å². The van der Waals surface area contributed by atoms with Crippen molar-refractivity contribution in [2.75, 3.05) is 19.6 Å². The summed E-state index contributed by atoms with van der Waals surface area (Å²) in [7, 11) is 0. The molecule has 1 N–H and O–H groups in total. The average Bonchev–Trinajstić information content (AvgIpc) is 2.93. The normalized spacial score (nSPS) is 38.6. The zero-order chi connectivity index (χ0) is 11.1. The topological polar surface area (TPSA) is 15.3 Å². The van der Waals surface area contributed by atoms with Crippen LogP contribution in [-0.4, -0.2) is 42.5 Å². The van der Waals surface area contributed by atoms with Crippen molar-refractivity contribution in [1.82, 2.24) is 10.2 Å². The van der Waals surface area contributed by atoms with Crippen LogP contribution in [0.3, 0.4) is 0 Å². The van der Waals surface area contributed by atoms with E-state index in [9.17, 15) is 8.78 Å². The first-order valence-electron chi connectivity index (χ1n) is 5.78. The van der Waals surface area contributed by atoms with Crippen LogP contribution >= 0.6 is 0 Å². The number of hydrogen-bond donors (Lipinski definition) is 1. The van der Waals surface area contributed by atoms with Gasteiger partial charge in [0.15, 0.2) is 0 Å². The maximum Gasteiger partial charge on any atom is 0.251 e. The predicted octanol–water partition coefficient (Wildman–Crippen LogP) is 1.71. The lowest BCUT2D eigenvalue weighted by Gasteiger charge is -2.45. The fourth-order valence-corrected chi connectivity index (χ4v) is 2.56. The van der Waals surface area contributed by atoms with Crippen LogP contribution in [-0.2, 0) is 0 Å². The molecule has 0 aromatic rings. The third kappa shape index (κ3) is 2.48. The quantitative estimate of drug-likeness (QED) is 0.776. The van der Waals surface area contributed by atoms with Gasteiger partial charge in [-0.15, -0.1) is 0 Å². The standard InChI is InChI=1S/C11H20F2N2/c1-8-5-14-11(2,9-3-4-9)7-15(8)6-10(12)13/h8-10,14H,3-7H2,1-2H3. The van der Waals surface area contributed by atoms with Crippen LogP contribution < -0.4 is 5.32 Å². The van der Waals surface area contributed by atoms with Gasteiger partial charge in [0.1, 0.15) is 0 Å². The molecule has 15 heavy (non-hydrogen) atoms. The van der Waals surface area contributed by atoms with Crippen LogP contribution in [0.15, 0.2) is 0 Å². The summed E-state index contributed by atoms with van der Waals surface area (Å²) >= 11 is 0. The number of hydrogen-bond acceptors (Lipinski definition) is 2. The van der Waals surface area contributed by atoms with Crippen molar-refractivity contribution in [2.24, 2.45) is 5.92 Å². The Morgan fingerprint density at radius 3 is 2.67 bits per heavy atom.